The minimum atomic E-state index is -3.72. The van der Waals surface area contributed by atoms with Gasteiger partial charge in [0.2, 0.25) is 0 Å². The van der Waals surface area contributed by atoms with Crippen molar-refractivity contribution in [1.82, 2.24) is 0 Å². The largest absolute Gasteiger partial charge is 0.497 e. The van der Waals surface area contributed by atoms with Crippen LogP contribution in [-0.2, 0) is 22.9 Å². The highest BCUT2D eigenvalue weighted by Gasteiger charge is 2.16. The molecule has 0 unspecified atom stereocenters. The lowest BCUT2D eigenvalue weighted by Gasteiger charge is -2.14. The molecular formula is C26H25NO4S. The third-order valence-corrected chi connectivity index (χ3v) is 6.85. The third kappa shape index (κ3) is 4.70. The van der Waals surface area contributed by atoms with Gasteiger partial charge in [-0.25, -0.2) is 8.42 Å². The van der Waals surface area contributed by atoms with Gasteiger partial charge in [0.1, 0.15) is 11.5 Å². The average molecular weight is 448 g/mol. The zero-order chi connectivity index (χ0) is 22.6. The summed E-state index contributed by atoms with van der Waals surface area (Å²) in [5.74, 6) is 1.45. The standard InChI is InChI=1S/C26H25NO4S/c1-30-21-12-8-19(9-13-21)7-10-20-11-18-26(25-6-4-3-5-24(20)25)27-32(28,29)23-16-14-22(31-2)15-17-23/h3-6,8-9,11-18,27H,7,10H2,1-2H3. The summed E-state index contributed by atoms with van der Waals surface area (Å²) in [6.07, 6.45) is 1.73. The van der Waals surface area contributed by atoms with E-state index in [-0.39, 0.29) is 4.90 Å². The molecule has 4 aromatic carbocycles. The maximum atomic E-state index is 12.9. The van der Waals surface area contributed by atoms with Crippen molar-refractivity contribution >= 4 is 26.5 Å². The molecule has 4 rings (SSSR count). The average Bonchev–Trinajstić information content (AvgIpc) is 2.84. The number of aryl methyl sites for hydroxylation is 2. The molecule has 0 saturated heterocycles. The number of benzene rings is 4. The van der Waals surface area contributed by atoms with E-state index in [1.165, 1.54) is 23.3 Å². The Balaban J connectivity index is 1.59. The molecule has 32 heavy (non-hydrogen) atoms. The molecule has 0 saturated carbocycles. The number of ether oxygens (including phenoxy) is 2. The van der Waals surface area contributed by atoms with Gasteiger partial charge in [-0.1, -0.05) is 42.5 Å². The normalized spacial score (nSPS) is 11.3. The highest BCUT2D eigenvalue weighted by molar-refractivity contribution is 7.92. The van der Waals surface area contributed by atoms with Gasteiger partial charge < -0.3 is 9.47 Å². The highest BCUT2D eigenvalue weighted by atomic mass is 32.2. The van der Waals surface area contributed by atoms with Gasteiger partial charge >= 0.3 is 0 Å². The lowest BCUT2D eigenvalue weighted by atomic mass is 9.97. The SMILES string of the molecule is COc1ccc(CCc2ccc(NS(=O)(=O)c3ccc(OC)cc3)c3ccccc23)cc1. The van der Waals surface area contributed by atoms with E-state index >= 15 is 0 Å². The molecule has 0 amide bonds. The quantitative estimate of drug-likeness (QED) is 0.390. The van der Waals surface area contributed by atoms with Crippen molar-refractivity contribution < 1.29 is 17.9 Å². The second kappa shape index (κ2) is 9.32. The van der Waals surface area contributed by atoms with E-state index in [9.17, 15) is 8.42 Å². The number of anilines is 1. The van der Waals surface area contributed by atoms with Gasteiger partial charge in [-0.2, -0.15) is 0 Å². The molecule has 5 nitrogen and oxygen atoms in total. The van der Waals surface area contributed by atoms with Crippen LogP contribution in [0.4, 0.5) is 5.69 Å². The number of rotatable bonds is 8. The van der Waals surface area contributed by atoms with Crippen LogP contribution in [-0.4, -0.2) is 22.6 Å². The molecule has 0 aliphatic carbocycles. The van der Waals surface area contributed by atoms with Crippen LogP contribution in [0.5, 0.6) is 11.5 Å². The molecule has 164 valence electrons. The van der Waals surface area contributed by atoms with E-state index < -0.39 is 10.0 Å². The smallest absolute Gasteiger partial charge is 0.261 e. The van der Waals surface area contributed by atoms with Crippen molar-refractivity contribution in [1.29, 1.82) is 0 Å². The van der Waals surface area contributed by atoms with Crippen LogP contribution in [0.2, 0.25) is 0 Å². The molecular weight excluding hydrogens is 422 g/mol. The van der Waals surface area contributed by atoms with Gasteiger partial charge in [0, 0.05) is 5.39 Å². The Morgan fingerprint density at radius 2 is 1.28 bits per heavy atom. The van der Waals surface area contributed by atoms with Crippen molar-refractivity contribution in [3.63, 3.8) is 0 Å². The summed E-state index contributed by atoms with van der Waals surface area (Å²) in [5.41, 5.74) is 2.95. The maximum Gasteiger partial charge on any atom is 0.261 e. The monoisotopic (exact) mass is 447 g/mol. The van der Waals surface area contributed by atoms with Gasteiger partial charge in [-0.15, -0.1) is 0 Å². The fourth-order valence-corrected chi connectivity index (χ4v) is 4.78. The minimum Gasteiger partial charge on any atom is -0.497 e. The van der Waals surface area contributed by atoms with Crippen molar-refractivity contribution in [2.24, 2.45) is 0 Å². The number of nitrogens with one attached hydrogen (secondary N) is 1. The summed E-state index contributed by atoms with van der Waals surface area (Å²) < 4.78 is 38.9. The molecule has 0 heterocycles. The molecule has 4 aromatic rings. The molecule has 0 spiro atoms. The summed E-state index contributed by atoms with van der Waals surface area (Å²) >= 11 is 0. The lowest BCUT2D eigenvalue weighted by Crippen LogP contribution is -2.13. The number of hydrogen-bond donors (Lipinski definition) is 1. The van der Waals surface area contributed by atoms with Crippen LogP contribution in [0.15, 0.2) is 89.8 Å². The fraction of sp³-hybridized carbons (Fsp3) is 0.154. The Labute approximate surface area is 188 Å². The van der Waals surface area contributed by atoms with Gasteiger partial charge in [0.25, 0.3) is 10.0 Å². The van der Waals surface area contributed by atoms with E-state index in [1.54, 1.807) is 26.4 Å². The van der Waals surface area contributed by atoms with Gasteiger partial charge in [-0.05, 0) is 71.8 Å². The zero-order valence-corrected chi connectivity index (χ0v) is 18.9. The molecule has 0 bridgehead atoms. The Morgan fingerprint density at radius 3 is 1.91 bits per heavy atom. The maximum absolute atomic E-state index is 12.9. The minimum absolute atomic E-state index is 0.186. The van der Waals surface area contributed by atoms with Gasteiger partial charge in [0.15, 0.2) is 0 Å². The predicted molar refractivity (Wildman–Crippen MR) is 128 cm³/mol. The van der Waals surface area contributed by atoms with E-state index in [1.807, 2.05) is 48.5 Å². The summed E-state index contributed by atoms with van der Waals surface area (Å²) in [5, 5.41) is 1.91. The lowest BCUT2D eigenvalue weighted by molar-refractivity contribution is 0.414. The molecule has 0 radical (unpaired) electrons. The molecule has 0 aliphatic rings. The van der Waals surface area contributed by atoms with E-state index in [2.05, 4.69) is 16.9 Å². The van der Waals surface area contributed by atoms with Crippen LogP contribution < -0.4 is 14.2 Å². The topological polar surface area (TPSA) is 64.6 Å². The van der Waals surface area contributed by atoms with E-state index in [0.717, 1.165) is 29.4 Å². The summed E-state index contributed by atoms with van der Waals surface area (Å²) in [6.45, 7) is 0. The number of fused-ring (bicyclic) bond motifs is 1. The first-order chi connectivity index (χ1) is 15.5. The first-order valence-electron chi connectivity index (χ1n) is 10.3. The van der Waals surface area contributed by atoms with Crippen LogP contribution in [0.1, 0.15) is 11.1 Å². The van der Waals surface area contributed by atoms with Crippen molar-refractivity contribution in [2.45, 2.75) is 17.7 Å². The Kier molecular flexibility index (Phi) is 6.32. The Morgan fingerprint density at radius 1 is 0.688 bits per heavy atom. The number of hydrogen-bond acceptors (Lipinski definition) is 4. The molecule has 1 N–H and O–H groups in total. The van der Waals surface area contributed by atoms with Gasteiger partial charge in [-0.3, -0.25) is 4.72 Å². The summed E-state index contributed by atoms with van der Waals surface area (Å²) in [6, 6.07) is 26.1. The van der Waals surface area contributed by atoms with Crippen molar-refractivity contribution in [2.75, 3.05) is 18.9 Å². The molecule has 0 atom stereocenters. The Hall–Kier alpha value is -3.51. The second-order valence-electron chi connectivity index (χ2n) is 7.45. The predicted octanol–water partition coefficient (Wildman–Crippen LogP) is 5.44. The van der Waals surface area contributed by atoms with E-state index in [0.29, 0.717) is 11.4 Å². The molecule has 0 fully saturated rings. The molecule has 0 aromatic heterocycles. The second-order valence-corrected chi connectivity index (χ2v) is 9.13. The summed E-state index contributed by atoms with van der Waals surface area (Å²) in [7, 11) is -0.518. The molecule has 6 heteroatoms. The summed E-state index contributed by atoms with van der Waals surface area (Å²) in [4.78, 5) is 0.186. The Bertz CT molecular complexity index is 1310. The van der Waals surface area contributed by atoms with Crippen LogP contribution in [0, 0.1) is 0 Å². The highest BCUT2D eigenvalue weighted by Crippen LogP contribution is 2.30. The first-order valence-corrected chi connectivity index (χ1v) is 11.8. The van der Waals surface area contributed by atoms with Crippen molar-refractivity contribution in [3.05, 3.63) is 96.1 Å². The third-order valence-electron chi connectivity index (χ3n) is 5.47. The van der Waals surface area contributed by atoms with Crippen LogP contribution in [0.25, 0.3) is 10.8 Å². The number of sulfonamides is 1. The molecule has 0 aliphatic heterocycles. The van der Waals surface area contributed by atoms with E-state index in [4.69, 9.17) is 9.47 Å². The van der Waals surface area contributed by atoms with Crippen LogP contribution in [0.3, 0.4) is 0 Å². The fourth-order valence-electron chi connectivity index (χ4n) is 3.70. The number of methoxy groups -OCH3 is 2. The van der Waals surface area contributed by atoms with Crippen LogP contribution >= 0.6 is 0 Å². The van der Waals surface area contributed by atoms with Gasteiger partial charge in [0.05, 0.1) is 24.8 Å². The first kappa shape index (κ1) is 21.7. The zero-order valence-electron chi connectivity index (χ0n) is 18.0. The van der Waals surface area contributed by atoms with Crippen molar-refractivity contribution in [3.8, 4) is 11.5 Å².